The second kappa shape index (κ2) is 12.4. The molecule has 0 bridgehead atoms. The first-order valence-corrected chi connectivity index (χ1v) is 15.5. The third kappa shape index (κ3) is 6.90. The maximum atomic E-state index is 13.0. The van der Waals surface area contributed by atoms with Crippen molar-refractivity contribution >= 4 is 62.3 Å². The number of halogens is 3. The van der Waals surface area contributed by atoms with Crippen molar-refractivity contribution in [3.8, 4) is 0 Å². The van der Waals surface area contributed by atoms with E-state index in [-0.39, 0.29) is 22.3 Å². The third-order valence-corrected chi connectivity index (χ3v) is 8.72. The van der Waals surface area contributed by atoms with Crippen molar-refractivity contribution in [3.05, 3.63) is 98.5 Å². The topological polar surface area (TPSA) is 113 Å². The molecule has 212 valence electrons. The highest BCUT2D eigenvalue weighted by atomic mass is 35.5. The molecule has 1 aliphatic rings. The number of carbonyl (C=O) groups excluding carboxylic acids is 2. The first kappa shape index (κ1) is 30.1. The van der Waals surface area contributed by atoms with E-state index in [9.17, 15) is 18.0 Å². The van der Waals surface area contributed by atoms with E-state index in [2.05, 4.69) is 10.2 Å². The Morgan fingerprint density at radius 3 is 1.93 bits per heavy atom. The number of anilines is 1. The summed E-state index contributed by atoms with van der Waals surface area (Å²) in [7, 11) is -3.76. The Kier molecular flexibility index (Phi) is 9.32. The number of hydrogen-bond donors (Lipinski definition) is 2. The monoisotopic (exact) mass is 622 g/mol. The lowest BCUT2D eigenvalue weighted by Gasteiger charge is -2.48. The second-order valence-corrected chi connectivity index (χ2v) is 12.9. The number of primary amides is 1. The molecule has 1 atom stereocenters. The minimum atomic E-state index is -3.76. The zero-order valence-electron chi connectivity index (χ0n) is 21.9. The van der Waals surface area contributed by atoms with Gasteiger partial charge in [-0.25, -0.2) is 8.42 Å². The van der Waals surface area contributed by atoms with E-state index >= 15 is 0 Å². The lowest BCUT2D eigenvalue weighted by Crippen LogP contribution is -2.61. The van der Waals surface area contributed by atoms with E-state index in [0.717, 1.165) is 17.4 Å². The molecule has 2 amide bonds. The van der Waals surface area contributed by atoms with Crippen LogP contribution >= 0.6 is 34.8 Å². The van der Waals surface area contributed by atoms with Gasteiger partial charge in [0.15, 0.2) is 0 Å². The zero-order valence-corrected chi connectivity index (χ0v) is 24.9. The van der Waals surface area contributed by atoms with Crippen LogP contribution in [0.5, 0.6) is 0 Å². The molecular weight excluding hydrogens is 595 g/mol. The van der Waals surface area contributed by atoms with Crippen molar-refractivity contribution in [1.29, 1.82) is 0 Å². The lowest BCUT2D eigenvalue weighted by atomic mass is 9.93. The van der Waals surface area contributed by atoms with Gasteiger partial charge in [-0.15, -0.1) is 0 Å². The van der Waals surface area contributed by atoms with Crippen LogP contribution in [-0.2, 0) is 14.8 Å². The van der Waals surface area contributed by atoms with Gasteiger partial charge in [0.2, 0.25) is 15.9 Å². The average molecular weight is 624 g/mol. The standard InChI is InChI=1S/C28H29Cl3N4O4S/c1-3-25(27(32)36)33-28(37)19-12-22(31)14-23(13-19)35(40(2,38)39)24-15-34(16-24)26(17-4-8-20(29)9-5-17)18-6-10-21(30)11-7-18/h4-14,24-26H,3,15-16H2,1-2H3,(H2,32,36)(H,33,37)/t25-/m0/s1. The molecule has 3 N–H and O–H groups in total. The fraction of sp³-hybridized carbons (Fsp3) is 0.286. The van der Waals surface area contributed by atoms with Crippen LogP contribution in [0.2, 0.25) is 15.1 Å². The number of nitrogens with one attached hydrogen (secondary N) is 1. The molecule has 0 radical (unpaired) electrons. The van der Waals surface area contributed by atoms with Crippen molar-refractivity contribution in [3.63, 3.8) is 0 Å². The number of nitrogens with zero attached hydrogens (tertiary/aromatic N) is 2. The number of carbonyl (C=O) groups is 2. The molecule has 12 heteroatoms. The van der Waals surface area contributed by atoms with Gasteiger partial charge >= 0.3 is 0 Å². The highest BCUT2D eigenvalue weighted by molar-refractivity contribution is 7.92. The van der Waals surface area contributed by atoms with Crippen LogP contribution in [0, 0.1) is 0 Å². The first-order chi connectivity index (χ1) is 18.9. The Labute approximate surface area is 249 Å². The summed E-state index contributed by atoms with van der Waals surface area (Å²) in [5.74, 6) is -1.25. The van der Waals surface area contributed by atoms with Gasteiger partial charge in [-0.2, -0.15) is 0 Å². The van der Waals surface area contributed by atoms with Gasteiger partial charge in [0.25, 0.3) is 5.91 Å². The molecule has 3 aromatic carbocycles. The molecule has 1 aliphatic heterocycles. The molecule has 1 heterocycles. The molecule has 0 spiro atoms. The predicted octanol–water partition coefficient (Wildman–Crippen LogP) is 4.88. The summed E-state index contributed by atoms with van der Waals surface area (Å²) < 4.78 is 27.4. The summed E-state index contributed by atoms with van der Waals surface area (Å²) in [5, 5.41) is 3.98. The number of rotatable bonds is 10. The van der Waals surface area contributed by atoms with E-state index in [1.165, 1.54) is 22.5 Å². The Morgan fingerprint density at radius 1 is 0.950 bits per heavy atom. The zero-order chi connectivity index (χ0) is 29.2. The van der Waals surface area contributed by atoms with E-state index in [4.69, 9.17) is 40.5 Å². The quantitative estimate of drug-likeness (QED) is 0.334. The number of hydrogen-bond acceptors (Lipinski definition) is 5. The lowest BCUT2D eigenvalue weighted by molar-refractivity contribution is -0.119. The molecule has 4 rings (SSSR count). The van der Waals surface area contributed by atoms with Crippen LogP contribution < -0.4 is 15.4 Å². The minimum absolute atomic E-state index is 0.118. The summed E-state index contributed by atoms with van der Waals surface area (Å²) in [6.45, 7) is 2.54. The number of benzene rings is 3. The highest BCUT2D eigenvalue weighted by Gasteiger charge is 2.41. The maximum absolute atomic E-state index is 13.0. The molecule has 1 fully saturated rings. The van der Waals surface area contributed by atoms with Crippen molar-refractivity contribution in [2.24, 2.45) is 5.73 Å². The molecule has 0 saturated carbocycles. The Balaban J connectivity index is 1.63. The molecule has 40 heavy (non-hydrogen) atoms. The fourth-order valence-corrected chi connectivity index (χ4v) is 6.52. The molecule has 1 saturated heterocycles. The number of nitrogens with two attached hydrogens (primary N) is 1. The molecule has 0 unspecified atom stereocenters. The van der Waals surface area contributed by atoms with E-state index < -0.39 is 33.9 Å². The summed E-state index contributed by atoms with van der Waals surface area (Å²) in [5.41, 5.74) is 7.72. The Bertz CT molecular complexity index is 1450. The molecular formula is C28H29Cl3N4O4S. The van der Waals surface area contributed by atoms with Crippen molar-refractivity contribution < 1.29 is 18.0 Å². The second-order valence-electron chi connectivity index (χ2n) is 9.71. The fourth-order valence-electron chi connectivity index (χ4n) is 4.87. The Morgan fingerprint density at radius 2 is 1.48 bits per heavy atom. The number of sulfonamides is 1. The van der Waals surface area contributed by atoms with Crippen molar-refractivity contribution in [2.45, 2.75) is 31.5 Å². The Hall–Kier alpha value is -2.82. The average Bonchev–Trinajstić information content (AvgIpc) is 2.86. The first-order valence-electron chi connectivity index (χ1n) is 12.5. The van der Waals surface area contributed by atoms with Gasteiger partial charge in [-0.3, -0.25) is 18.8 Å². The van der Waals surface area contributed by atoms with Crippen LogP contribution in [0.3, 0.4) is 0 Å². The summed E-state index contributed by atoms with van der Waals surface area (Å²) in [6, 6.07) is 18.0. The van der Waals surface area contributed by atoms with Gasteiger partial charge in [0.05, 0.1) is 24.0 Å². The van der Waals surface area contributed by atoms with Gasteiger partial charge in [0.1, 0.15) is 6.04 Å². The van der Waals surface area contributed by atoms with Gasteiger partial charge in [0, 0.05) is 33.7 Å². The molecule has 0 aromatic heterocycles. The SMILES string of the molecule is CC[C@H](NC(=O)c1cc(Cl)cc(N(C2CN(C(c3ccc(Cl)cc3)c3ccc(Cl)cc3)C2)S(C)(=O)=O)c1)C(N)=O. The normalized spacial score (nSPS) is 14.9. The summed E-state index contributed by atoms with van der Waals surface area (Å²) >= 11 is 18.6. The van der Waals surface area contributed by atoms with Crippen LogP contribution in [0.15, 0.2) is 66.7 Å². The van der Waals surface area contributed by atoms with Gasteiger partial charge < -0.3 is 11.1 Å². The smallest absolute Gasteiger partial charge is 0.252 e. The molecule has 3 aromatic rings. The summed E-state index contributed by atoms with van der Waals surface area (Å²) in [6.07, 6.45) is 1.43. The maximum Gasteiger partial charge on any atom is 0.252 e. The highest BCUT2D eigenvalue weighted by Crippen LogP contribution is 2.37. The predicted molar refractivity (Wildman–Crippen MR) is 160 cm³/mol. The van der Waals surface area contributed by atoms with Gasteiger partial charge in [-0.05, 0) is 60.0 Å². The van der Waals surface area contributed by atoms with Crippen LogP contribution in [0.4, 0.5) is 5.69 Å². The number of amides is 2. The van der Waals surface area contributed by atoms with E-state index in [1.54, 1.807) is 6.92 Å². The van der Waals surface area contributed by atoms with Crippen LogP contribution in [-0.4, -0.2) is 56.6 Å². The number of likely N-dealkylation sites (tertiary alicyclic amines) is 1. The minimum Gasteiger partial charge on any atom is -0.368 e. The van der Waals surface area contributed by atoms with Crippen LogP contribution in [0.25, 0.3) is 0 Å². The summed E-state index contributed by atoms with van der Waals surface area (Å²) in [4.78, 5) is 26.6. The largest absolute Gasteiger partial charge is 0.368 e. The van der Waals surface area contributed by atoms with Gasteiger partial charge in [-0.1, -0.05) is 66.0 Å². The van der Waals surface area contributed by atoms with E-state index in [0.29, 0.717) is 29.6 Å². The molecule has 8 nitrogen and oxygen atoms in total. The molecule has 0 aliphatic carbocycles. The van der Waals surface area contributed by atoms with Crippen molar-refractivity contribution in [2.75, 3.05) is 23.7 Å². The third-order valence-electron chi connectivity index (χ3n) is 6.77. The van der Waals surface area contributed by atoms with Crippen LogP contribution in [0.1, 0.15) is 40.9 Å². The van der Waals surface area contributed by atoms with Crippen molar-refractivity contribution in [1.82, 2.24) is 10.2 Å². The van der Waals surface area contributed by atoms with E-state index in [1.807, 2.05) is 48.5 Å².